The molecule has 0 fully saturated rings. The van der Waals surface area contributed by atoms with Crippen molar-refractivity contribution in [3.05, 3.63) is 188 Å². The highest BCUT2D eigenvalue weighted by Crippen LogP contribution is 2.47. The lowest BCUT2D eigenvalue weighted by atomic mass is 9.98. The first-order valence-electron chi connectivity index (χ1n) is 18.0. The van der Waals surface area contributed by atoms with E-state index in [0.29, 0.717) is 0 Å². The van der Waals surface area contributed by atoms with Gasteiger partial charge < -0.3 is 13.7 Å². The second kappa shape index (κ2) is 11.7. The maximum absolute atomic E-state index is 6.94. The maximum atomic E-state index is 6.94. The average Bonchev–Trinajstić information content (AvgIpc) is 3.80. The Kier molecular flexibility index (Phi) is 6.55. The van der Waals surface area contributed by atoms with Crippen LogP contribution in [0.15, 0.2) is 197 Å². The van der Waals surface area contributed by atoms with Gasteiger partial charge in [0.25, 0.3) is 0 Å². The van der Waals surface area contributed by atoms with Crippen LogP contribution < -0.4 is 4.90 Å². The van der Waals surface area contributed by atoms with Crippen molar-refractivity contribution in [1.82, 2.24) is 0 Å². The van der Waals surface area contributed by atoms with E-state index < -0.39 is 0 Å². The number of hydrogen-bond acceptors (Lipinski definition) is 3. The minimum atomic E-state index is 0.872. The molecule has 2 heterocycles. The molecule has 9 aromatic carbocycles. The summed E-state index contributed by atoms with van der Waals surface area (Å²) in [6.45, 7) is 0. The molecule has 11 rings (SSSR count). The van der Waals surface area contributed by atoms with Crippen molar-refractivity contribution in [2.45, 2.75) is 0 Å². The molecule has 0 aliphatic carbocycles. The molecule has 11 aromatic rings. The highest BCUT2D eigenvalue weighted by molar-refractivity contribution is 6.21. The van der Waals surface area contributed by atoms with Crippen molar-refractivity contribution in [1.29, 1.82) is 0 Å². The van der Waals surface area contributed by atoms with E-state index in [-0.39, 0.29) is 0 Å². The standard InChI is InChI=1S/C50H31NO2/c1-2-11-32(12-3-1)34-23-25-37(26-24-34)51(38-27-28-48-44(30-38)41-16-8-9-20-47(41)52-48)46-31-45-43-19-10-18-39(36-22-21-33-13-4-5-14-35(33)29-36)49(43)53-50(45)42-17-7-6-15-40(42)46/h1-31H. The molecular formula is C50H31NO2. The fraction of sp³-hybridized carbons (Fsp3) is 0. The number of para-hydroxylation sites is 2. The summed E-state index contributed by atoms with van der Waals surface area (Å²) in [6.07, 6.45) is 0. The molecular weight excluding hydrogens is 647 g/mol. The van der Waals surface area contributed by atoms with Gasteiger partial charge in [0.15, 0.2) is 0 Å². The molecule has 0 bridgehead atoms. The van der Waals surface area contributed by atoms with Gasteiger partial charge >= 0.3 is 0 Å². The quantitative estimate of drug-likeness (QED) is 0.182. The van der Waals surface area contributed by atoms with E-state index in [4.69, 9.17) is 8.83 Å². The molecule has 3 nitrogen and oxygen atoms in total. The van der Waals surface area contributed by atoms with E-state index in [9.17, 15) is 0 Å². The van der Waals surface area contributed by atoms with Gasteiger partial charge in [-0.2, -0.15) is 0 Å². The second-order valence-corrected chi connectivity index (χ2v) is 13.7. The molecule has 3 heteroatoms. The molecule has 0 atom stereocenters. The van der Waals surface area contributed by atoms with E-state index in [0.717, 1.165) is 82.8 Å². The SMILES string of the molecule is c1ccc(-c2ccc(N(c3ccc4oc5ccccc5c4c3)c3cc4c5cccc(-c6ccc7ccccc7c6)c5oc4c4ccccc34)cc2)cc1. The van der Waals surface area contributed by atoms with E-state index in [1.165, 1.54) is 21.9 Å². The van der Waals surface area contributed by atoms with Crippen LogP contribution in [-0.2, 0) is 0 Å². The van der Waals surface area contributed by atoms with Crippen LogP contribution in [0.25, 0.3) is 87.7 Å². The van der Waals surface area contributed by atoms with Gasteiger partial charge in [-0.25, -0.2) is 0 Å². The van der Waals surface area contributed by atoms with Crippen molar-refractivity contribution in [2.75, 3.05) is 4.90 Å². The number of furan rings is 2. The lowest BCUT2D eigenvalue weighted by Gasteiger charge is -2.27. The first-order chi connectivity index (χ1) is 26.3. The van der Waals surface area contributed by atoms with Gasteiger partial charge in [0.2, 0.25) is 0 Å². The smallest absolute Gasteiger partial charge is 0.143 e. The third-order valence-corrected chi connectivity index (χ3v) is 10.6. The Hall–Kier alpha value is -7.10. The van der Waals surface area contributed by atoms with Crippen LogP contribution >= 0.6 is 0 Å². The van der Waals surface area contributed by atoms with Crippen molar-refractivity contribution in [3.8, 4) is 22.3 Å². The Morgan fingerprint density at radius 1 is 0.321 bits per heavy atom. The van der Waals surface area contributed by atoms with Crippen molar-refractivity contribution < 1.29 is 8.83 Å². The van der Waals surface area contributed by atoms with Crippen LogP contribution in [0, 0.1) is 0 Å². The molecule has 0 amide bonds. The van der Waals surface area contributed by atoms with Crippen LogP contribution in [0.3, 0.4) is 0 Å². The van der Waals surface area contributed by atoms with Crippen LogP contribution in [-0.4, -0.2) is 0 Å². The van der Waals surface area contributed by atoms with E-state index in [1.54, 1.807) is 0 Å². The minimum Gasteiger partial charge on any atom is -0.456 e. The Morgan fingerprint density at radius 2 is 0.962 bits per heavy atom. The molecule has 2 aromatic heterocycles. The Bertz CT molecular complexity index is 3170. The van der Waals surface area contributed by atoms with Crippen LogP contribution in [0.5, 0.6) is 0 Å². The summed E-state index contributed by atoms with van der Waals surface area (Å²) in [7, 11) is 0. The zero-order chi connectivity index (χ0) is 34.9. The summed E-state index contributed by atoms with van der Waals surface area (Å²) >= 11 is 0. The summed E-state index contributed by atoms with van der Waals surface area (Å²) in [6, 6.07) is 66.8. The number of fused-ring (bicyclic) bond motifs is 9. The highest BCUT2D eigenvalue weighted by atomic mass is 16.3. The summed E-state index contributed by atoms with van der Waals surface area (Å²) in [5, 5.41) is 8.97. The van der Waals surface area contributed by atoms with Gasteiger partial charge in [0.1, 0.15) is 22.3 Å². The predicted molar refractivity (Wildman–Crippen MR) is 222 cm³/mol. The zero-order valence-corrected chi connectivity index (χ0v) is 28.7. The fourth-order valence-electron chi connectivity index (χ4n) is 8.08. The number of benzene rings is 9. The third kappa shape index (κ3) is 4.75. The summed E-state index contributed by atoms with van der Waals surface area (Å²) in [5.74, 6) is 0. The van der Waals surface area contributed by atoms with Crippen molar-refractivity contribution in [3.63, 3.8) is 0 Å². The van der Waals surface area contributed by atoms with Gasteiger partial charge in [-0.15, -0.1) is 0 Å². The van der Waals surface area contributed by atoms with Gasteiger partial charge in [0.05, 0.1) is 5.69 Å². The predicted octanol–water partition coefficient (Wildman–Crippen LogP) is 14.6. The number of anilines is 3. The lowest BCUT2D eigenvalue weighted by molar-refractivity contribution is 0.669. The second-order valence-electron chi connectivity index (χ2n) is 13.7. The number of nitrogens with zero attached hydrogens (tertiary/aromatic N) is 1. The molecule has 0 saturated heterocycles. The van der Waals surface area contributed by atoms with Crippen molar-refractivity contribution in [2.24, 2.45) is 0 Å². The number of rotatable bonds is 5. The summed E-state index contributed by atoms with van der Waals surface area (Å²) in [4.78, 5) is 2.38. The molecule has 0 aliphatic heterocycles. The molecule has 0 spiro atoms. The zero-order valence-electron chi connectivity index (χ0n) is 28.7. The highest BCUT2D eigenvalue weighted by Gasteiger charge is 2.22. The topological polar surface area (TPSA) is 29.5 Å². The Morgan fingerprint density at radius 3 is 1.83 bits per heavy atom. The maximum Gasteiger partial charge on any atom is 0.143 e. The molecule has 0 saturated carbocycles. The lowest BCUT2D eigenvalue weighted by Crippen LogP contribution is -2.10. The summed E-state index contributed by atoms with van der Waals surface area (Å²) < 4.78 is 13.2. The normalized spacial score (nSPS) is 11.8. The molecule has 0 aliphatic rings. The van der Waals surface area contributed by atoms with Gasteiger partial charge in [-0.1, -0.05) is 140 Å². The van der Waals surface area contributed by atoms with Gasteiger partial charge in [0, 0.05) is 49.3 Å². The largest absolute Gasteiger partial charge is 0.456 e. The van der Waals surface area contributed by atoms with E-state index in [1.807, 2.05) is 12.1 Å². The van der Waals surface area contributed by atoms with Gasteiger partial charge in [-0.3, -0.25) is 0 Å². The van der Waals surface area contributed by atoms with E-state index in [2.05, 4.69) is 181 Å². The van der Waals surface area contributed by atoms with Crippen LogP contribution in [0.2, 0.25) is 0 Å². The minimum absolute atomic E-state index is 0.872. The monoisotopic (exact) mass is 677 g/mol. The molecule has 0 radical (unpaired) electrons. The van der Waals surface area contributed by atoms with Crippen LogP contribution in [0.1, 0.15) is 0 Å². The number of hydrogen-bond donors (Lipinski definition) is 0. The van der Waals surface area contributed by atoms with Gasteiger partial charge in [-0.05, 0) is 76.0 Å². The fourth-order valence-corrected chi connectivity index (χ4v) is 8.08. The van der Waals surface area contributed by atoms with Crippen LogP contribution in [0.4, 0.5) is 17.1 Å². The first kappa shape index (κ1) is 29.6. The summed E-state index contributed by atoms with van der Waals surface area (Å²) in [5.41, 5.74) is 11.3. The molecule has 0 unspecified atom stereocenters. The molecule has 0 N–H and O–H groups in total. The average molecular weight is 678 g/mol. The Balaban J connectivity index is 1.17. The Labute approximate surface area is 305 Å². The molecule has 53 heavy (non-hydrogen) atoms. The van der Waals surface area contributed by atoms with E-state index >= 15 is 0 Å². The van der Waals surface area contributed by atoms with Crippen molar-refractivity contribution >= 4 is 82.5 Å². The third-order valence-electron chi connectivity index (χ3n) is 10.6. The molecule has 248 valence electrons. The first-order valence-corrected chi connectivity index (χ1v) is 18.0.